The third-order valence-electron chi connectivity index (χ3n) is 5.10. The molecular weight excluding hydrogens is 465 g/mol. The predicted molar refractivity (Wildman–Crippen MR) is 134 cm³/mol. The number of nitrogens with two attached hydrogens (primary N) is 1. The molecule has 0 saturated heterocycles. The predicted octanol–water partition coefficient (Wildman–Crippen LogP) is 5.13. The van der Waals surface area contributed by atoms with Crippen molar-refractivity contribution in [2.45, 2.75) is 26.2 Å². The van der Waals surface area contributed by atoms with Crippen molar-refractivity contribution in [3.63, 3.8) is 0 Å². The van der Waals surface area contributed by atoms with Crippen molar-refractivity contribution in [3.8, 4) is 23.1 Å². The highest BCUT2D eigenvalue weighted by Gasteiger charge is 2.22. The molecule has 2 amide bonds. The first-order valence-corrected chi connectivity index (χ1v) is 11.0. The number of hydrogen-bond donors (Lipinski definition) is 3. The average molecular weight is 492 g/mol. The zero-order valence-corrected chi connectivity index (χ0v) is 20.2. The lowest BCUT2D eigenvalue weighted by Crippen LogP contribution is -2.21. The van der Waals surface area contributed by atoms with Crippen LogP contribution in [0.25, 0.3) is 5.69 Å². The molecule has 0 radical (unpaired) electrons. The van der Waals surface area contributed by atoms with Gasteiger partial charge in [-0.15, -0.1) is 0 Å². The van der Waals surface area contributed by atoms with Crippen molar-refractivity contribution < 1.29 is 18.7 Å². The Bertz CT molecular complexity index is 1380. The van der Waals surface area contributed by atoms with Gasteiger partial charge in [-0.2, -0.15) is 5.10 Å². The van der Waals surface area contributed by atoms with Crippen molar-refractivity contribution in [2.75, 3.05) is 23.5 Å². The quantitative estimate of drug-likeness (QED) is 0.341. The van der Waals surface area contributed by atoms with Gasteiger partial charge in [-0.1, -0.05) is 20.8 Å². The number of carbonyl (C=O) groups is 1. The molecule has 0 spiro atoms. The highest BCUT2D eigenvalue weighted by atomic mass is 19.1. The van der Waals surface area contributed by atoms with Gasteiger partial charge in [0.05, 0.1) is 18.5 Å². The lowest BCUT2D eigenvalue weighted by Gasteiger charge is -2.14. The SMILES string of the molecule is COc1ccc(-n2nc(C(C)(C)C)cc2NC(=O)Nc2ccc(Oc3cc(N)ncn3)c(F)c2)cc1. The molecule has 0 aliphatic heterocycles. The average Bonchev–Trinajstić information content (AvgIpc) is 3.25. The van der Waals surface area contributed by atoms with Crippen LogP contribution in [0.15, 0.2) is 60.9 Å². The molecule has 2 heterocycles. The molecule has 0 aliphatic carbocycles. The molecule has 10 nitrogen and oxygen atoms in total. The van der Waals surface area contributed by atoms with Gasteiger partial charge >= 0.3 is 6.03 Å². The van der Waals surface area contributed by atoms with Crippen molar-refractivity contribution in [2.24, 2.45) is 0 Å². The van der Waals surface area contributed by atoms with E-state index in [2.05, 4.69) is 25.7 Å². The lowest BCUT2D eigenvalue weighted by molar-refractivity contribution is 0.262. The van der Waals surface area contributed by atoms with E-state index in [0.717, 1.165) is 17.4 Å². The fraction of sp³-hybridized carbons (Fsp3) is 0.200. The maximum Gasteiger partial charge on any atom is 0.324 e. The minimum Gasteiger partial charge on any atom is -0.497 e. The van der Waals surface area contributed by atoms with E-state index in [-0.39, 0.29) is 28.5 Å². The monoisotopic (exact) mass is 491 g/mol. The van der Waals surface area contributed by atoms with E-state index in [1.165, 1.54) is 24.5 Å². The van der Waals surface area contributed by atoms with E-state index in [4.69, 9.17) is 15.2 Å². The van der Waals surface area contributed by atoms with E-state index in [1.54, 1.807) is 30.0 Å². The molecule has 4 aromatic rings. The summed E-state index contributed by atoms with van der Waals surface area (Å²) >= 11 is 0. The number of nitrogen functional groups attached to an aromatic ring is 1. The highest BCUT2D eigenvalue weighted by Crippen LogP contribution is 2.28. The fourth-order valence-corrected chi connectivity index (χ4v) is 3.22. The van der Waals surface area contributed by atoms with Crippen molar-refractivity contribution in [3.05, 3.63) is 72.4 Å². The summed E-state index contributed by atoms with van der Waals surface area (Å²) in [7, 11) is 1.59. The standard InChI is InChI=1S/C25H26FN7O3/c1-25(2,3)20-12-22(33(32-20)16-6-8-17(35-4)9-7-16)31-24(34)30-15-5-10-19(18(26)11-15)36-23-13-21(27)28-14-29-23/h5-14H,1-4H3,(H2,27,28,29)(H2,30,31,34). The summed E-state index contributed by atoms with van der Waals surface area (Å²) in [6.45, 7) is 6.08. The zero-order chi connectivity index (χ0) is 25.9. The topological polar surface area (TPSA) is 129 Å². The van der Waals surface area contributed by atoms with Crippen molar-refractivity contribution in [1.29, 1.82) is 0 Å². The molecule has 0 atom stereocenters. The van der Waals surface area contributed by atoms with Crippen molar-refractivity contribution in [1.82, 2.24) is 19.7 Å². The number of rotatable bonds is 6. The maximum absolute atomic E-state index is 14.6. The van der Waals surface area contributed by atoms with Gasteiger partial charge in [0.1, 0.15) is 23.7 Å². The third-order valence-corrected chi connectivity index (χ3v) is 5.10. The van der Waals surface area contributed by atoms with Crippen LogP contribution in [0.2, 0.25) is 0 Å². The summed E-state index contributed by atoms with van der Waals surface area (Å²) < 4.78 is 26.9. The van der Waals surface area contributed by atoms with Crippen LogP contribution in [0.3, 0.4) is 0 Å². The molecule has 4 N–H and O–H groups in total. The number of carbonyl (C=O) groups excluding carboxylic acids is 1. The Hall–Kier alpha value is -4.67. The third kappa shape index (κ3) is 5.69. The minimum atomic E-state index is -0.691. The van der Waals surface area contributed by atoms with Crippen LogP contribution in [0.1, 0.15) is 26.5 Å². The number of urea groups is 1. The van der Waals surface area contributed by atoms with Crippen LogP contribution in [-0.4, -0.2) is 32.9 Å². The van der Waals surface area contributed by atoms with Gasteiger partial charge in [0.2, 0.25) is 5.88 Å². The Balaban J connectivity index is 1.51. The Labute approximate surface area is 207 Å². The number of amides is 2. The minimum absolute atomic E-state index is 0.0774. The smallest absolute Gasteiger partial charge is 0.324 e. The fourth-order valence-electron chi connectivity index (χ4n) is 3.22. The number of nitrogens with zero attached hydrogens (tertiary/aromatic N) is 4. The molecular formula is C25H26FN7O3. The summed E-state index contributed by atoms with van der Waals surface area (Å²) in [5, 5.41) is 10.1. The number of benzene rings is 2. The Morgan fingerprint density at radius 2 is 1.78 bits per heavy atom. The van der Waals surface area contributed by atoms with Gasteiger partial charge in [-0.3, -0.25) is 5.32 Å². The Morgan fingerprint density at radius 3 is 2.42 bits per heavy atom. The summed E-state index contributed by atoms with van der Waals surface area (Å²) in [5.74, 6) is 0.672. The van der Waals surface area contributed by atoms with Gasteiger partial charge in [-0.25, -0.2) is 23.8 Å². The normalized spacial score (nSPS) is 11.1. The molecule has 0 saturated carbocycles. The summed E-state index contributed by atoms with van der Waals surface area (Å²) in [6, 6.07) is 13.9. The van der Waals surface area contributed by atoms with E-state index < -0.39 is 11.8 Å². The van der Waals surface area contributed by atoms with E-state index >= 15 is 0 Å². The first-order chi connectivity index (χ1) is 17.1. The number of halogens is 1. The molecule has 0 bridgehead atoms. The Kier molecular flexibility index (Phi) is 6.73. The second-order valence-electron chi connectivity index (χ2n) is 8.88. The van der Waals surface area contributed by atoms with Gasteiger partial charge < -0.3 is 20.5 Å². The number of ether oxygens (including phenoxy) is 2. The first kappa shape index (κ1) is 24.5. The molecule has 2 aromatic heterocycles. The number of methoxy groups -OCH3 is 1. The lowest BCUT2D eigenvalue weighted by atomic mass is 9.92. The van der Waals surface area contributed by atoms with Gasteiger partial charge in [0, 0.05) is 29.3 Å². The second kappa shape index (κ2) is 9.90. The maximum atomic E-state index is 14.6. The van der Waals surface area contributed by atoms with Crippen LogP contribution in [0.5, 0.6) is 17.4 Å². The van der Waals surface area contributed by atoms with E-state index in [9.17, 15) is 9.18 Å². The largest absolute Gasteiger partial charge is 0.497 e. The molecule has 36 heavy (non-hydrogen) atoms. The summed E-state index contributed by atoms with van der Waals surface area (Å²) in [6.07, 6.45) is 1.21. The van der Waals surface area contributed by atoms with E-state index in [1.807, 2.05) is 32.9 Å². The Morgan fingerprint density at radius 1 is 1.03 bits per heavy atom. The van der Waals surface area contributed by atoms with Crippen LogP contribution in [-0.2, 0) is 5.41 Å². The van der Waals surface area contributed by atoms with Crippen LogP contribution in [0, 0.1) is 5.82 Å². The molecule has 0 aliphatic rings. The number of aromatic nitrogens is 4. The summed E-state index contributed by atoms with van der Waals surface area (Å²) in [4.78, 5) is 20.4. The number of nitrogens with one attached hydrogen (secondary N) is 2. The highest BCUT2D eigenvalue weighted by molar-refractivity contribution is 5.99. The first-order valence-electron chi connectivity index (χ1n) is 11.0. The second-order valence-corrected chi connectivity index (χ2v) is 8.88. The molecule has 0 unspecified atom stereocenters. The van der Waals surface area contributed by atoms with Crippen LogP contribution in [0.4, 0.5) is 26.5 Å². The van der Waals surface area contributed by atoms with E-state index in [0.29, 0.717) is 11.6 Å². The van der Waals surface area contributed by atoms with Crippen LogP contribution >= 0.6 is 0 Å². The number of anilines is 3. The molecule has 186 valence electrons. The molecule has 4 rings (SSSR count). The summed E-state index contributed by atoms with van der Waals surface area (Å²) in [5.41, 5.74) is 7.08. The molecule has 0 fully saturated rings. The van der Waals surface area contributed by atoms with Gasteiger partial charge in [0.15, 0.2) is 11.6 Å². The molecule has 2 aromatic carbocycles. The van der Waals surface area contributed by atoms with Gasteiger partial charge in [-0.05, 0) is 36.4 Å². The number of hydrogen-bond acceptors (Lipinski definition) is 7. The van der Waals surface area contributed by atoms with Crippen LogP contribution < -0.4 is 25.8 Å². The zero-order valence-electron chi connectivity index (χ0n) is 20.2. The molecule has 11 heteroatoms. The van der Waals surface area contributed by atoms with Crippen molar-refractivity contribution >= 4 is 23.4 Å². The van der Waals surface area contributed by atoms with Gasteiger partial charge in [0.25, 0.3) is 0 Å².